The first-order valence-electron chi connectivity index (χ1n) is 4.24. The Morgan fingerprint density at radius 1 is 1.38 bits per heavy atom. The first kappa shape index (κ1) is 11.5. The van der Waals surface area contributed by atoms with E-state index < -0.39 is 6.43 Å². The largest absolute Gasteiger partial charge is 0.283 e. The predicted octanol–water partition coefficient (Wildman–Crippen LogP) is 3.62. The van der Waals surface area contributed by atoms with Gasteiger partial charge in [0.15, 0.2) is 0 Å². The van der Waals surface area contributed by atoms with Gasteiger partial charge in [-0.2, -0.15) is 0 Å². The molecule has 0 saturated carbocycles. The maximum atomic E-state index is 12.3. The lowest BCUT2D eigenvalue weighted by molar-refractivity contribution is 0.146. The van der Waals surface area contributed by atoms with Crippen molar-refractivity contribution in [1.82, 2.24) is 15.0 Å². The Labute approximate surface area is 103 Å². The summed E-state index contributed by atoms with van der Waals surface area (Å²) in [4.78, 5) is 0. The van der Waals surface area contributed by atoms with E-state index in [1.807, 2.05) is 0 Å². The molecule has 0 aliphatic heterocycles. The zero-order valence-electron chi connectivity index (χ0n) is 7.74. The van der Waals surface area contributed by atoms with E-state index in [4.69, 9.17) is 11.6 Å². The molecule has 0 saturated heterocycles. The molecule has 0 aliphatic carbocycles. The fourth-order valence-electron chi connectivity index (χ4n) is 1.16. The summed E-state index contributed by atoms with van der Waals surface area (Å²) >= 11 is 9.03. The van der Waals surface area contributed by atoms with Crippen molar-refractivity contribution in [3.05, 3.63) is 39.6 Å². The molecule has 0 aliphatic rings. The van der Waals surface area contributed by atoms with Crippen LogP contribution in [0.15, 0.2) is 28.9 Å². The molecule has 0 N–H and O–H groups in total. The van der Waals surface area contributed by atoms with Crippen LogP contribution in [0.25, 0.3) is 5.69 Å². The number of hydrogen-bond donors (Lipinski definition) is 0. The third-order valence-corrected chi connectivity index (χ3v) is 2.76. The summed E-state index contributed by atoms with van der Waals surface area (Å²) in [6.07, 6.45) is -1.45. The van der Waals surface area contributed by atoms with Crippen molar-refractivity contribution in [2.24, 2.45) is 0 Å². The van der Waals surface area contributed by atoms with Crippen molar-refractivity contribution < 1.29 is 8.78 Å². The van der Waals surface area contributed by atoms with Gasteiger partial charge in [0.05, 0.1) is 11.9 Å². The molecule has 0 bridgehead atoms. The normalized spacial score (nSPS) is 11.1. The Kier molecular flexibility index (Phi) is 3.20. The number of alkyl halides is 2. The number of nitrogens with zero attached hydrogens (tertiary/aromatic N) is 3. The summed E-state index contributed by atoms with van der Waals surface area (Å²) in [5.41, 5.74) is 0.241. The van der Waals surface area contributed by atoms with E-state index in [0.29, 0.717) is 15.2 Å². The summed E-state index contributed by atoms with van der Waals surface area (Å²) in [7, 11) is 0. The molecule has 2 rings (SSSR count). The van der Waals surface area contributed by atoms with Crippen LogP contribution in [-0.4, -0.2) is 15.0 Å². The maximum Gasteiger partial charge on any atom is 0.283 e. The van der Waals surface area contributed by atoms with Crippen LogP contribution < -0.4 is 0 Å². The molecule has 3 nitrogen and oxygen atoms in total. The van der Waals surface area contributed by atoms with Crippen LogP contribution in [0.2, 0.25) is 5.02 Å². The number of rotatable bonds is 2. The van der Waals surface area contributed by atoms with E-state index in [9.17, 15) is 8.78 Å². The van der Waals surface area contributed by atoms with Crippen molar-refractivity contribution in [3.63, 3.8) is 0 Å². The molecule has 84 valence electrons. The second-order valence-corrected chi connectivity index (χ2v) is 4.28. The molecule has 0 spiro atoms. The van der Waals surface area contributed by atoms with Gasteiger partial charge < -0.3 is 0 Å². The maximum absolute atomic E-state index is 12.3. The molecular formula is C9H5BrClF2N3. The van der Waals surface area contributed by atoms with Gasteiger partial charge in [-0.15, -0.1) is 5.10 Å². The first-order valence-corrected chi connectivity index (χ1v) is 5.41. The summed E-state index contributed by atoms with van der Waals surface area (Å²) in [5.74, 6) is 0. The summed E-state index contributed by atoms with van der Waals surface area (Å²) in [6.45, 7) is 0. The van der Waals surface area contributed by atoms with Crippen molar-refractivity contribution in [2.45, 2.75) is 6.43 Å². The topological polar surface area (TPSA) is 30.7 Å². The summed E-state index contributed by atoms with van der Waals surface area (Å²) < 4.78 is 26.5. The molecule has 1 aromatic heterocycles. The minimum Gasteiger partial charge on any atom is -0.219 e. The quantitative estimate of drug-likeness (QED) is 0.848. The fourth-order valence-corrected chi connectivity index (χ4v) is 2.03. The third-order valence-electron chi connectivity index (χ3n) is 1.89. The molecule has 0 unspecified atom stereocenters. The molecule has 0 amide bonds. The lowest BCUT2D eigenvalue weighted by Gasteiger charge is -2.03. The van der Waals surface area contributed by atoms with Gasteiger partial charge in [-0.05, 0) is 34.1 Å². The lowest BCUT2D eigenvalue weighted by atomic mass is 10.3. The van der Waals surface area contributed by atoms with Crippen LogP contribution >= 0.6 is 27.5 Å². The Morgan fingerprint density at radius 3 is 2.69 bits per heavy atom. The van der Waals surface area contributed by atoms with Crippen molar-refractivity contribution in [3.8, 4) is 5.69 Å². The van der Waals surface area contributed by atoms with Gasteiger partial charge in [0.25, 0.3) is 6.43 Å². The molecule has 16 heavy (non-hydrogen) atoms. The second kappa shape index (κ2) is 4.47. The van der Waals surface area contributed by atoms with E-state index in [-0.39, 0.29) is 5.69 Å². The van der Waals surface area contributed by atoms with Gasteiger partial charge in [-0.1, -0.05) is 16.8 Å². The van der Waals surface area contributed by atoms with Crippen LogP contribution in [0.5, 0.6) is 0 Å². The van der Waals surface area contributed by atoms with Crippen LogP contribution in [0.4, 0.5) is 8.78 Å². The Bertz CT molecular complexity index is 515. The highest BCUT2D eigenvalue weighted by molar-refractivity contribution is 9.10. The fraction of sp³-hybridized carbons (Fsp3) is 0.111. The number of halogens is 4. The number of aromatic nitrogens is 3. The Morgan fingerprint density at radius 2 is 2.12 bits per heavy atom. The second-order valence-electron chi connectivity index (χ2n) is 2.98. The minimum atomic E-state index is -2.63. The van der Waals surface area contributed by atoms with Gasteiger partial charge >= 0.3 is 0 Å². The first-order chi connectivity index (χ1) is 7.58. The minimum absolute atomic E-state index is 0.359. The third kappa shape index (κ3) is 2.22. The van der Waals surface area contributed by atoms with Crippen LogP contribution in [0.3, 0.4) is 0 Å². The zero-order valence-corrected chi connectivity index (χ0v) is 10.1. The predicted molar refractivity (Wildman–Crippen MR) is 59.0 cm³/mol. The molecule has 0 radical (unpaired) electrons. The highest BCUT2D eigenvalue weighted by Gasteiger charge is 2.13. The van der Waals surface area contributed by atoms with Crippen LogP contribution in [0, 0.1) is 0 Å². The van der Waals surface area contributed by atoms with Crippen molar-refractivity contribution in [1.29, 1.82) is 0 Å². The summed E-state index contributed by atoms with van der Waals surface area (Å²) in [5, 5.41) is 7.52. The number of hydrogen-bond acceptors (Lipinski definition) is 2. The highest BCUT2D eigenvalue weighted by atomic mass is 79.9. The molecular weight excluding hydrogens is 303 g/mol. The van der Waals surface area contributed by atoms with Crippen molar-refractivity contribution in [2.75, 3.05) is 0 Å². The van der Waals surface area contributed by atoms with Gasteiger partial charge in [-0.25, -0.2) is 13.5 Å². The smallest absolute Gasteiger partial charge is 0.219 e. The SMILES string of the molecule is FC(F)c1cn(-c2ccc(Cl)cc2Br)nn1. The van der Waals surface area contributed by atoms with Crippen LogP contribution in [0.1, 0.15) is 12.1 Å². The molecule has 7 heteroatoms. The van der Waals surface area contributed by atoms with E-state index in [1.54, 1.807) is 18.2 Å². The Hall–Kier alpha value is -1.01. The van der Waals surface area contributed by atoms with Gasteiger partial charge in [0, 0.05) is 9.50 Å². The average molecular weight is 309 g/mol. The molecule has 2 aromatic rings. The van der Waals surface area contributed by atoms with Crippen molar-refractivity contribution >= 4 is 27.5 Å². The van der Waals surface area contributed by atoms with E-state index in [2.05, 4.69) is 26.2 Å². The zero-order chi connectivity index (χ0) is 11.7. The monoisotopic (exact) mass is 307 g/mol. The molecule has 1 heterocycles. The Balaban J connectivity index is 2.42. The lowest BCUT2D eigenvalue weighted by Crippen LogP contribution is -1.95. The van der Waals surface area contributed by atoms with Gasteiger partial charge in [-0.3, -0.25) is 0 Å². The van der Waals surface area contributed by atoms with Crippen LogP contribution in [-0.2, 0) is 0 Å². The number of benzene rings is 1. The van der Waals surface area contributed by atoms with Gasteiger partial charge in [0.2, 0.25) is 0 Å². The molecule has 0 atom stereocenters. The average Bonchev–Trinajstić information content (AvgIpc) is 2.66. The molecule has 1 aromatic carbocycles. The van der Waals surface area contributed by atoms with E-state index in [1.165, 1.54) is 10.9 Å². The molecule has 0 fully saturated rings. The summed E-state index contributed by atoms with van der Waals surface area (Å²) in [6, 6.07) is 4.96. The standard InChI is InChI=1S/C9H5BrClF2N3/c10-6-3-5(11)1-2-8(6)16-4-7(9(12)13)14-15-16/h1-4,9H. The van der Waals surface area contributed by atoms with E-state index >= 15 is 0 Å². The highest BCUT2D eigenvalue weighted by Crippen LogP contribution is 2.25. The van der Waals surface area contributed by atoms with E-state index in [0.717, 1.165) is 0 Å². The van der Waals surface area contributed by atoms with Gasteiger partial charge in [0.1, 0.15) is 5.69 Å².